The molecule has 0 saturated heterocycles. The van der Waals surface area contributed by atoms with Crippen LogP contribution in [0.4, 0.5) is 5.69 Å². The predicted molar refractivity (Wildman–Crippen MR) is 154 cm³/mol. The van der Waals surface area contributed by atoms with Gasteiger partial charge in [-0.05, 0) is 75.2 Å². The van der Waals surface area contributed by atoms with Crippen LogP contribution in [0.3, 0.4) is 0 Å². The number of nitrogens with one attached hydrogen (secondary N) is 1. The standard InChI is InChI=1S/C30H35ClN2O6/c1-6-26(34)23-12-9-20(31)15-24(23)25-16-28(35)33(18-27(25)38-5)22(13-14-39-30(2,3)4)17-32-21-10-7-19(8-11-21)29(36)37/h7-12,15-16,18,22,32H,6,13-14,17H2,1-5H3,(H,36,37)/t22-/m0/s1. The quantitative estimate of drug-likeness (QED) is 0.252. The van der Waals surface area contributed by atoms with Gasteiger partial charge in [-0.1, -0.05) is 18.5 Å². The number of carbonyl (C=O) groups is 2. The first-order chi connectivity index (χ1) is 18.4. The van der Waals surface area contributed by atoms with E-state index in [-0.39, 0.29) is 28.5 Å². The molecule has 0 aliphatic carbocycles. The molecule has 0 spiro atoms. The summed E-state index contributed by atoms with van der Waals surface area (Å²) in [4.78, 5) is 37.3. The van der Waals surface area contributed by atoms with Gasteiger partial charge in [0.2, 0.25) is 0 Å². The number of Topliss-reactive ketones (excluding diaryl/α,β-unsaturated/α-hetero) is 1. The third-order valence-electron chi connectivity index (χ3n) is 6.21. The lowest BCUT2D eigenvalue weighted by molar-refractivity contribution is -0.00825. The summed E-state index contributed by atoms with van der Waals surface area (Å²) >= 11 is 6.26. The first-order valence-electron chi connectivity index (χ1n) is 12.8. The Hall–Kier alpha value is -3.62. The number of hydrogen-bond acceptors (Lipinski definition) is 6. The molecule has 1 atom stereocenters. The van der Waals surface area contributed by atoms with E-state index in [4.69, 9.17) is 26.2 Å². The molecule has 0 fully saturated rings. The minimum absolute atomic E-state index is 0.0665. The van der Waals surface area contributed by atoms with Crippen molar-refractivity contribution in [1.29, 1.82) is 0 Å². The molecule has 3 aromatic rings. The number of methoxy groups -OCH3 is 1. The highest BCUT2D eigenvalue weighted by Gasteiger charge is 2.21. The van der Waals surface area contributed by atoms with E-state index in [9.17, 15) is 14.4 Å². The van der Waals surface area contributed by atoms with Gasteiger partial charge in [0.25, 0.3) is 5.56 Å². The molecular formula is C30H35ClN2O6. The van der Waals surface area contributed by atoms with E-state index in [1.54, 1.807) is 48.0 Å². The van der Waals surface area contributed by atoms with Crippen molar-refractivity contribution in [2.24, 2.45) is 0 Å². The monoisotopic (exact) mass is 554 g/mol. The van der Waals surface area contributed by atoms with Crippen LogP contribution in [0.15, 0.2) is 59.5 Å². The van der Waals surface area contributed by atoms with E-state index in [1.807, 2.05) is 20.8 Å². The summed E-state index contributed by atoms with van der Waals surface area (Å²) in [6.45, 7) is 8.46. The highest BCUT2D eigenvalue weighted by atomic mass is 35.5. The lowest BCUT2D eigenvalue weighted by Crippen LogP contribution is -2.31. The number of carboxylic acids is 1. The predicted octanol–water partition coefficient (Wildman–Crippen LogP) is 6.33. The Labute approximate surface area is 233 Å². The van der Waals surface area contributed by atoms with Gasteiger partial charge in [0, 0.05) is 47.5 Å². The zero-order valence-electron chi connectivity index (χ0n) is 22.9. The number of hydrogen-bond donors (Lipinski definition) is 2. The Balaban J connectivity index is 2.00. The minimum atomic E-state index is -0.999. The Morgan fingerprint density at radius 1 is 1.08 bits per heavy atom. The van der Waals surface area contributed by atoms with E-state index in [0.717, 1.165) is 5.69 Å². The number of halogens is 1. The molecule has 2 N–H and O–H groups in total. The maximum absolute atomic E-state index is 13.5. The Morgan fingerprint density at radius 2 is 1.77 bits per heavy atom. The third-order valence-corrected chi connectivity index (χ3v) is 6.45. The zero-order valence-corrected chi connectivity index (χ0v) is 23.7. The molecule has 0 amide bonds. The molecule has 3 rings (SSSR count). The van der Waals surface area contributed by atoms with E-state index >= 15 is 0 Å². The van der Waals surface area contributed by atoms with Crippen LogP contribution in [0.1, 0.15) is 67.3 Å². The van der Waals surface area contributed by atoms with Crippen molar-refractivity contribution < 1.29 is 24.2 Å². The average molecular weight is 555 g/mol. The summed E-state index contributed by atoms with van der Waals surface area (Å²) < 4.78 is 13.2. The molecule has 0 unspecified atom stereocenters. The molecule has 9 heteroatoms. The fraction of sp³-hybridized carbons (Fsp3) is 0.367. The summed E-state index contributed by atoms with van der Waals surface area (Å²) in [5.74, 6) is -0.640. The number of rotatable bonds is 12. The topological polar surface area (TPSA) is 107 Å². The molecule has 1 aromatic heterocycles. The SMILES string of the molecule is CCC(=O)c1ccc(Cl)cc1-c1cc(=O)n([C@@H](CCOC(C)(C)C)CNc2ccc(C(=O)O)cc2)cc1OC. The summed E-state index contributed by atoms with van der Waals surface area (Å²) in [6.07, 6.45) is 2.48. The molecule has 2 aromatic carbocycles. The summed E-state index contributed by atoms with van der Waals surface area (Å²) in [6, 6.07) is 12.5. The van der Waals surface area contributed by atoms with Crippen LogP contribution in [0.2, 0.25) is 5.02 Å². The van der Waals surface area contributed by atoms with Gasteiger partial charge < -0.3 is 24.5 Å². The number of carbonyl (C=O) groups excluding carboxylic acids is 1. The van der Waals surface area contributed by atoms with Gasteiger partial charge in [-0.2, -0.15) is 0 Å². The van der Waals surface area contributed by atoms with Crippen LogP contribution in [-0.4, -0.2) is 47.3 Å². The first-order valence-corrected chi connectivity index (χ1v) is 13.2. The number of ketones is 1. The summed E-state index contributed by atoms with van der Waals surface area (Å²) in [5.41, 5.74) is 1.80. The Kier molecular flexibility index (Phi) is 9.94. The van der Waals surface area contributed by atoms with Crippen molar-refractivity contribution in [3.63, 3.8) is 0 Å². The molecule has 0 saturated carbocycles. The maximum atomic E-state index is 13.5. The second-order valence-corrected chi connectivity index (χ2v) is 10.6. The third kappa shape index (κ3) is 7.94. The van der Waals surface area contributed by atoms with E-state index in [1.165, 1.54) is 25.3 Å². The highest BCUT2D eigenvalue weighted by molar-refractivity contribution is 6.31. The minimum Gasteiger partial charge on any atom is -0.495 e. The van der Waals surface area contributed by atoms with E-state index < -0.39 is 5.97 Å². The fourth-order valence-electron chi connectivity index (χ4n) is 4.17. The zero-order chi connectivity index (χ0) is 28.7. The van der Waals surface area contributed by atoms with Crippen molar-refractivity contribution in [3.05, 3.63) is 81.2 Å². The van der Waals surface area contributed by atoms with Gasteiger partial charge in [0.1, 0.15) is 5.75 Å². The Morgan fingerprint density at radius 3 is 2.36 bits per heavy atom. The molecule has 0 aliphatic heterocycles. The lowest BCUT2D eigenvalue weighted by Gasteiger charge is -2.25. The number of benzene rings is 2. The molecular weight excluding hydrogens is 520 g/mol. The highest BCUT2D eigenvalue weighted by Crippen LogP contribution is 2.34. The molecule has 0 bridgehead atoms. The lowest BCUT2D eigenvalue weighted by atomic mass is 9.96. The molecule has 1 heterocycles. The summed E-state index contributed by atoms with van der Waals surface area (Å²) in [5, 5.41) is 12.9. The van der Waals surface area contributed by atoms with Crippen LogP contribution in [0, 0.1) is 0 Å². The van der Waals surface area contributed by atoms with Gasteiger partial charge in [-0.15, -0.1) is 0 Å². The van der Waals surface area contributed by atoms with Gasteiger partial charge in [-0.3, -0.25) is 9.59 Å². The maximum Gasteiger partial charge on any atom is 0.335 e. The van der Waals surface area contributed by atoms with E-state index in [0.29, 0.717) is 53.5 Å². The van der Waals surface area contributed by atoms with Crippen molar-refractivity contribution >= 4 is 29.0 Å². The van der Waals surface area contributed by atoms with Crippen LogP contribution < -0.4 is 15.6 Å². The van der Waals surface area contributed by atoms with Crippen molar-refractivity contribution in [2.45, 2.75) is 52.2 Å². The van der Waals surface area contributed by atoms with Gasteiger partial charge in [-0.25, -0.2) is 4.79 Å². The second kappa shape index (κ2) is 13.0. The van der Waals surface area contributed by atoms with Crippen molar-refractivity contribution in [2.75, 3.05) is 25.6 Å². The second-order valence-electron chi connectivity index (χ2n) is 10.1. The smallest absolute Gasteiger partial charge is 0.335 e. The normalized spacial score (nSPS) is 12.2. The van der Waals surface area contributed by atoms with Gasteiger partial charge in [0.15, 0.2) is 5.78 Å². The number of pyridine rings is 1. The van der Waals surface area contributed by atoms with Crippen LogP contribution in [0.5, 0.6) is 5.75 Å². The summed E-state index contributed by atoms with van der Waals surface area (Å²) in [7, 11) is 1.51. The molecule has 208 valence electrons. The fourth-order valence-corrected chi connectivity index (χ4v) is 4.34. The van der Waals surface area contributed by atoms with Gasteiger partial charge >= 0.3 is 5.97 Å². The largest absolute Gasteiger partial charge is 0.495 e. The molecule has 0 aliphatic rings. The average Bonchev–Trinajstić information content (AvgIpc) is 2.89. The van der Waals surface area contributed by atoms with Crippen LogP contribution >= 0.6 is 11.6 Å². The number of anilines is 1. The number of aromatic nitrogens is 1. The van der Waals surface area contributed by atoms with Gasteiger partial charge in [0.05, 0.1) is 30.5 Å². The number of aromatic carboxylic acids is 1. The molecule has 8 nitrogen and oxygen atoms in total. The first kappa shape index (κ1) is 29.9. The number of nitrogens with zero attached hydrogens (tertiary/aromatic N) is 1. The number of carboxylic acid groups (broad SMARTS) is 1. The Bertz CT molecular complexity index is 1380. The molecule has 0 radical (unpaired) electrons. The number of ether oxygens (including phenoxy) is 2. The van der Waals surface area contributed by atoms with Crippen LogP contribution in [0.25, 0.3) is 11.1 Å². The van der Waals surface area contributed by atoms with E-state index in [2.05, 4.69) is 5.32 Å². The van der Waals surface area contributed by atoms with Crippen molar-refractivity contribution in [1.82, 2.24) is 4.57 Å². The van der Waals surface area contributed by atoms with Crippen molar-refractivity contribution in [3.8, 4) is 16.9 Å². The molecule has 39 heavy (non-hydrogen) atoms. The van der Waals surface area contributed by atoms with Crippen LogP contribution in [-0.2, 0) is 4.74 Å².